The van der Waals surface area contributed by atoms with Crippen molar-refractivity contribution in [3.63, 3.8) is 0 Å². The molecule has 1 aromatic heterocycles. The van der Waals surface area contributed by atoms with Crippen molar-refractivity contribution in [2.24, 2.45) is 0 Å². The van der Waals surface area contributed by atoms with Crippen molar-refractivity contribution in [1.29, 1.82) is 0 Å². The van der Waals surface area contributed by atoms with Crippen molar-refractivity contribution in [3.8, 4) is 0 Å². The normalized spacial score (nSPS) is 16.6. The lowest BCUT2D eigenvalue weighted by Crippen LogP contribution is -2.20. The molecule has 0 bridgehead atoms. The van der Waals surface area contributed by atoms with Crippen molar-refractivity contribution in [3.05, 3.63) is 83.1 Å². The van der Waals surface area contributed by atoms with Gasteiger partial charge >= 0.3 is 0 Å². The zero-order chi connectivity index (χ0) is 23.8. The summed E-state index contributed by atoms with van der Waals surface area (Å²) in [7, 11) is -3.20. The highest BCUT2D eigenvalue weighted by molar-refractivity contribution is 7.91. The Hall–Kier alpha value is -3.33. The van der Waals surface area contributed by atoms with E-state index in [2.05, 4.69) is 10.3 Å². The molecule has 0 fully saturated rings. The van der Waals surface area contributed by atoms with Gasteiger partial charge in [0.25, 0.3) is 5.92 Å². The van der Waals surface area contributed by atoms with Crippen LogP contribution in [0.15, 0.2) is 66.4 Å². The predicted octanol–water partition coefficient (Wildman–Crippen LogP) is 4.68. The Morgan fingerprint density at radius 2 is 2.00 bits per heavy atom. The molecule has 1 N–H and O–H groups in total. The van der Waals surface area contributed by atoms with Gasteiger partial charge in [0.1, 0.15) is 6.29 Å². The third-order valence-corrected chi connectivity index (χ3v) is 7.04. The van der Waals surface area contributed by atoms with E-state index >= 15 is 0 Å². The number of nitrogens with zero attached hydrogens (tertiary/aromatic N) is 2. The molecule has 0 saturated heterocycles. The van der Waals surface area contributed by atoms with Crippen LogP contribution in [0.5, 0.6) is 0 Å². The maximum Gasteiger partial charge on any atom is 0.270 e. The Balaban J connectivity index is 1.75. The molecule has 1 unspecified atom stereocenters. The van der Waals surface area contributed by atoms with E-state index < -0.39 is 21.0 Å². The highest BCUT2D eigenvalue weighted by Crippen LogP contribution is 2.32. The lowest BCUT2D eigenvalue weighted by Gasteiger charge is -2.19. The molecular formula is C24H23F2N3O3S. The second-order valence-corrected chi connectivity index (χ2v) is 10.4. The van der Waals surface area contributed by atoms with Crippen molar-refractivity contribution < 1.29 is 22.0 Å². The number of anilines is 1. The summed E-state index contributed by atoms with van der Waals surface area (Å²) >= 11 is 0. The van der Waals surface area contributed by atoms with Crippen molar-refractivity contribution in [2.75, 3.05) is 11.6 Å². The van der Waals surface area contributed by atoms with Gasteiger partial charge in [-0.15, -0.1) is 0 Å². The summed E-state index contributed by atoms with van der Waals surface area (Å²) in [4.78, 5) is 15.8. The van der Waals surface area contributed by atoms with E-state index in [-0.39, 0.29) is 12.1 Å². The molecule has 1 atom stereocenters. The molecule has 9 heteroatoms. The Morgan fingerprint density at radius 3 is 2.64 bits per heavy atom. The third kappa shape index (κ3) is 4.88. The highest BCUT2D eigenvalue weighted by atomic mass is 32.2. The van der Waals surface area contributed by atoms with Crippen molar-refractivity contribution in [2.45, 2.75) is 31.1 Å². The summed E-state index contributed by atoms with van der Waals surface area (Å²) in [6.45, 7) is 0.991. The third-order valence-electron chi connectivity index (χ3n) is 5.59. The Kier molecular flexibility index (Phi) is 5.92. The number of aldehydes is 1. The number of fused-ring (bicyclic) bond motifs is 1. The number of benzene rings is 2. The number of nitrogens with one attached hydrogen (secondary N) is 1. The SMILES string of the molecule is CC(F)(F)c1ccccc1Cn1c(NC2=CCC(S(C)(=O)=O)C=C2)nc2cc(C=O)ccc21. The number of carbonyl (C=O) groups excluding carboxylic acids is 1. The van der Waals surface area contributed by atoms with Crippen molar-refractivity contribution in [1.82, 2.24) is 9.55 Å². The van der Waals surface area contributed by atoms with E-state index in [1.165, 1.54) is 12.3 Å². The molecule has 6 nitrogen and oxygen atoms in total. The minimum absolute atomic E-state index is 0.0740. The van der Waals surface area contributed by atoms with Crippen molar-refractivity contribution >= 4 is 33.1 Å². The molecule has 3 aromatic rings. The molecule has 4 rings (SSSR count). The van der Waals surface area contributed by atoms with Crippen LogP contribution in [-0.4, -0.2) is 35.8 Å². The molecule has 0 saturated carbocycles. The first-order valence-corrected chi connectivity index (χ1v) is 12.3. The second-order valence-electron chi connectivity index (χ2n) is 8.18. The topological polar surface area (TPSA) is 81.1 Å². The van der Waals surface area contributed by atoms with E-state index in [1.807, 2.05) is 0 Å². The van der Waals surface area contributed by atoms with Gasteiger partial charge in [-0.3, -0.25) is 4.79 Å². The summed E-state index contributed by atoms with van der Waals surface area (Å²) < 4.78 is 53.8. The van der Waals surface area contributed by atoms with Gasteiger partial charge in [0.05, 0.1) is 22.8 Å². The van der Waals surface area contributed by atoms with Gasteiger partial charge in [0.2, 0.25) is 5.95 Å². The van der Waals surface area contributed by atoms with Gasteiger partial charge in [-0.05, 0) is 36.3 Å². The van der Waals surface area contributed by atoms with Crippen LogP contribution in [0.4, 0.5) is 14.7 Å². The molecule has 0 spiro atoms. The maximum atomic E-state index is 14.2. The van der Waals surface area contributed by atoms with Crippen LogP contribution in [0.3, 0.4) is 0 Å². The van der Waals surface area contributed by atoms with Crippen LogP contribution in [0.1, 0.15) is 34.8 Å². The molecule has 1 aliphatic carbocycles. The van der Waals surface area contributed by atoms with E-state index in [4.69, 9.17) is 0 Å². The molecule has 1 heterocycles. The van der Waals surface area contributed by atoms with Crippen LogP contribution in [0.25, 0.3) is 11.0 Å². The zero-order valence-corrected chi connectivity index (χ0v) is 18.9. The number of sulfone groups is 1. The van der Waals surface area contributed by atoms with Crippen LogP contribution in [0, 0.1) is 0 Å². The van der Waals surface area contributed by atoms with Gasteiger partial charge in [-0.25, -0.2) is 22.2 Å². The van der Waals surface area contributed by atoms with Crippen LogP contribution in [-0.2, 0) is 22.3 Å². The molecule has 33 heavy (non-hydrogen) atoms. The average Bonchev–Trinajstić information content (AvgIpc) is 3.09. The van der Waals surface area contributed by atoms with E-state index in [1.54, 1.807) is 59.2 Å². The Bertz CT molecular complexity index is 1390. The lowest BCUT2D eigenvalue weighted by molar-refractivity contribution is 0.0165. The fourth-order valence-corrected chi connectivity index (χ4v) is 4.68. The average molecular weight is 472 g/mol. The number of carbonyl (C=O) groups is 1. The number of rotatable bonds is 7. The summed E-state index contributed by atoms with van der Waals surface area (Å²) in [6, 6.07) is 11.4. The number of aromatic nitrogens is 2. The minimum Gasteiger partial charge on any atom is -0.326 e. The number of allylic oxidation sites excluding steroid dienone is 2. The molecule has 0 aliphatic heterocycles. The molecule has 2 aromatic carbocycles. The van der Waals surface area contributed by atoms with E-state index in [0.29, 0.717) is 40.2 Å². The largest absolute Gasteiger partial charge is 0.326 e. The van der Waals surface area contributed by atoms with E-state index in [9.17, 15) is 22.0 Å². The summed E-state index contributed by atoms with van der Waals surface area (Å²) in [5, 5.41) is 2.60. The predicted molar refractivity (Wildman–Crippen MR) is 124 cm³/mol. The van der Waals surface area contributed by atoms with Crippen LogP contribution in [0.2, 0.25) is 0 Å². The monoisotopic (exact) mass is 471 g/mol. The number of imidazole rings is 1. The number of hydrogen-bond donors (Lipinski definition) is 1. The zero-order valence-electron chi connectivity index (χ0n) is 18.1. The minimum atomic E-state index is -3.20. The molecular weight excluding hydrogens is 448 g/mol. The summed E-state index contributed by atoms with van der Waals surface area (Å²) in [5.74, 6) is -2.61. The van der Waals surface area contributed by atoms with Crippen LogP contribution < -0.4 is 5.32 Å². The maximum absolute atomic E-state index is 14.2. The van der Waals surface area contributed by atoms with E-state index in [0.717, 1.165) is 13.2 Å². The fourth-order valence-electron chi connectivity index (χ4n) is 3.87. The smallest absolute Gasteiger partial charge is 0.270 e. The Labute approximate surface area is 190 Å². The highest BCUT2D eigenvalue weighted by Gasteiger charge is 2.28. The number of halogens is 2. The van der Waals surface area contributed by atoms with Gasteiger partial charge in [0, 0.05) is 30.0 Å². The van der Waals surface area contributed by atoms with Gasteiger partial charge in [-0.2, -0.15) is 0 Å². The quantitative estimate of drug-likeness (QED) is 0.506. The first kappa shape index (κ1) is 22.8. The second kappa shape index (κ2) is 8.55. The summed E-state index contributed by atoms with van der Waals surface area (Å²) in [6.07, 6.45) is 7.28. The number of alkyl halides is 2. The molecule has 0 radical (unpaired) electrons. The van der Waals surface area contributed by atoms with Gasteiger partial charge in [-0.1, -0.05) is 36.4 Å². The standard InChI is InChI=1S/C24H23F2N3O3S/c1-24(25,26)20-6-4-3-5-17(20)14-29-22-12-7-16(15-30)13-21(22)28-23(29)27-18-8-10-19(11-9-18)33(2,31)32/h3-10,12-13,15,19H,11,14H2,1-2H3,(H,27,28). The molecule has 172 valence electrons. The fraction of sp³-hybridized carbons (Fsp3) is 0.250. The molecule has 1 aliphatic rings. The van der Waals surface area contributed by atoms with Gasteiger partial charge < -0.3 is 9.88 Å². The Morgan fingerprint density at radius 1 is 1.24 bits per heavy atom. The lowest BCUT2D eigenvalue weighted by atomic mass is 10.0. The van der Waals surface area contributed by atoms with Gasteiger partial charge in [0.15, 0.2) is 9.84 Å². The van der Waals surface area contributed by atoms with Crippen LogP contribution >= 0.6 is 0 Å². The first-order chi connectivity index (χ1) is 15.6. The first-order valence-electron chi connectivity index (χ1n) is 10.3. The molecule has 0 amide bonds. The number of hydrogen-bond acceptors (Lipinski definition) is 5. The summed E-state index contributed by atoms with van der Waals surface area (Å²) in [5.41, 5.74) is 2.68.